The molecule has 3 rings (SSSR count). The number of nitrogens with one attached hydrogen (secondary N) is 2. The summed E-state index contributed by atoms with van der Waals surface area (Å²) < 4.78 is 24.6. The highest BCUT2D eigenvalue weighted by Gasteiger charge is 2.22. The fourth-order valence-corrected chi connectivity index (χ4v) is 3.13. The van der Waals surface area contributed by atoms with Crippen LogP contribution in [-0.4, -0.2) is 56.7 Å². The van der Waals surface area contributed by atoms with Gasteiger partial charge in [-0.3, -0.25) is 4.79 Å². The van der Waals surface area contributed by atoms with Crippen molar-refractivity contribution in [2.24, 2.45) is 4.99 Å². The quantitative estimate of drug-likeness (QED) is 0.311. The highest BCUT2D eigenvalue weighted by Crippen LogP contribution is 2.31. The fraction of sp³-hybridized carbons (Fsp3) is 0.391. The third-order valence-electron chi connectivity index (χ3n) is 4.85. The molecule has 0 bridgehead atoms. The average molecular weight is 556 g/mol. The summed E-state index contributed by atoms with van der Waals surface area (Å²) in [6.45, 7) is 2.98. The van der Waals surface area contributed by atoms with Crippen molar-refractivity contribution in [3.8, 4) is 11.5 Å². The maximum absolute atomic E-state index is 13.1. The molecule has 174 valence electrons. The molecule has 2 unspecified atom stereocenters. The van der Waals surface area contributed by atoms with Crippen molar-refractivity contribution in [2.75, 3.05) is 33.8 Å². The Morgan fingerprint density at radius 1 is 1.25 bits per heavy atom. The SMILES string of the molecule is CC(CNC(=NCC(=O)N(C)C)NC1CCOc2ccccc21)Oc1ccc(F)cc1.I. The van der Waals surface area contributed by atoms with Crippen LogP contribution in [0.5, 0.6) is 11.5 Å². The van der Waals surface area contributed by atoms with Crippen molar-refractivity contribution in [3.05, 3.63) is 59.9 Å². The number of hydrogen-bond acceptors (Lipinski definition) is 4. The van der Waals surface area contributed by atoms with Crippen LogP contribution >= 0.6 is 24.0 Å². The molecule has 0 spiro atoms. The van der Waals surface area contributed by atoms with Crippen molar-refractivity contribution in [1.29, 1.82) is 0 Å². The minimum Gasteiger partial charge on any atom is -0.493 e. The van der Waals surface area contributed by atoms with E-state index in [2.05, 4.69) is 15.6 Å². The van der Waals surface area contributed by atoms with Crippen molar-refractivity contribution >= 4 is 35.8 Å². The van der Waals surface area contributed by atoms with Crippen LogP contribution in [0.15, 0.2) is 53.5 Å². The van der Waals surface area contributed by atoms with Gasteiger partial charge in [0.2, 0.25) is 5.91 Å². The Kier molecular flexibility index (Phi) is 10.0. The Hall–Kier alpha value is -2.56. The molecule has 0 saturated heterocycles. The summed E-state index contributed by atoms with van der Waals surface area (Å²) in [7, 11) is 3.40. The van der Waals surface area contributed by atoms with E-state index in [-0.39, 0.29) is 54.4 Å². The summed E-state index contributed by atoms with van der Waals surface area (Å²) in [5.41, 5.74) is 1.05. The first kappa shape index (κ1) is 25.7. The first-order chi connectivity index (χ1) is 14.9. The number of halogens is 2. The van der Waals surface area contributed by atoms with Gasteiger partial charge in [0.05, 0.1) is 19.2 Å². The highest BCUT2D eigenvalue weighted by atomic mass is 127. The Labute approximate surface area is 205 Å². The minimum atomic E-state index is -0.306. The largest absolute Gasteiger partial charge is 0.493 e. The number of amides is 1. The van der Waals surface area contributed by atoms with Gasteiger partial charge in [-0.05, 0) is 37.3 Å². The van der Waals surface area contributed by atoms with Crippen molar-refractivity contribution in [2.45, 2.75) is 25.5 Å². The molecule has 1 heterocycles. The van der Waals surface area contributed by atoms with E-state index >= 15 is 0 Å². The predicted molar refractivity (Wildman–Crippen MR) is 133 cm³/mol. The summed E-state index contributed by atoms with van der Waals surface area (Å²) >= 11 is 0. The van der Waals surface area contributed by atoms with E-state index in [4.69, 9.17) is 9.47 Å². The van der Waals surface area contributed by atoms with Gasteiger partial charge < -0.3 is 25.0 Å². The molecule has 0 aromatic heterocycles. The zero-order valence-corrected chi connectivity index (χ0v) is 20.8. The number of benzene rings is 2. The molecular formula is C23H30FIN4O3. The second kappa shape index (κ2) is 12.5. The second-order valence-electron chi connectivity index (χ2n) is 7.59. The molecule has 2 aromatic carbocycles. The van der Waals surface area contributed by atoms with E-state index < -0.39 is 0 Å². The number of carbonyl (C=O) groups excluding carboxylic acids is 1. The number of fused-ring (bicyclic) bond motifs is 1. The average Bonchev–Trinajstić information content (AvgIpc) is 2.77. The molecular weight excluding hydrogens is 526 g/mol. The van der Waals surface area contributed by atoms with Gasteiger partial charge in [-0.2, -0.15) is 0 Å². The molecule has 0 fully saturated rings. The summed E-state index contributed by atoms with van der Waals surface area (Å²) in [5.74, 6) is 1.56. The number of aliphatic imine (C=N–C) groups is 1. The molecule has 1 aliphatic rings. The standard InChI is InChI=1S/C23H29FN4O3.HI/c1-16(31-18-10-8-17(24)9-11-18)14-25-23(26-15-22(29)28(2)3)27-20-12-13-30-21-7-5-4-6-19(20)21;/h4-11,16,20H,12-15H2,1-3H3,(H2,25,26,27);1H. The molecule has 7 nitrogen and oxygen atoms in total. The molecule has 1 aliphatic heterocycles. The smallest absolute Gasteiger partial charge is 0.243 e. The third-order valence-corrected chi connectivity index (χ3v) is 4.85. The fourth-order valence-electron chi connectivity index (χ4n) is 3.13. The number of hydrogen-bond donors (Lipinski definition) is 2. The van der Waals surface area contributed by atoms with Gasteiger partial charge in [-0.1, -0.05) is 18.2 Å². The number of rotatable bonds is 7. The van der Waals surface area contributed by atoms with Gasteiger partial charge in [-0.25, -0.2) is 9.38 Å². The Morgan fingerprint density at radius 2 is 1.97 bits per heavy atom. The van der Waals surface area contributed by atoms with E-state index in [0.29, 0.717) is 24.9 Å². The summed E-state index contributed by atoms with van der Waals surface area (Å²) in [6.07, 6.45) is 0.574. The van der Waals surface area contributed by atoms with Crippen LogP contribution in [0, 0.1) is 5.82 Å². The van der Waals surface area contributed by atoms with Crippen LogP contribution in [0.3, 0.4) is 0 Å². The molecule has 0 aliphatic carbocycles. The summed E-state index contributed by atoms with van der Waals surface area (Å²) in [5, 5.41) is 6.67. The topological polar surface area (TPSA) is 75.2 Å². The van der Waals surface area contributed by atoms with Gasteiger partial charge in [0, 0.05) is 26.1 Å². The molecule has 1 amide bonds. The van der Waals surface area contributed by atoms with E-state index in [1.54, 1.807) is 26.2 Å². The van der Waals surface area contributed by atoms with E-state index in [1.807, 2.05) is 31.2 Å². The summed E-state index contributed by atoms with van der Waals surface area (Å²) in [6, 6.07) is 13.8. The number of carbonyl (C=O) groups is 1. The molecule has 9 heteroatoms. The second-order valence-corrected chi connectivity index (χ2v) is 7.59. The number of nitrogens with zero attached hydrogens (tertiary/aromatic N) is 2. The highest BCUT2D eigenvalue weighted by molar-refractivity contribution is 14.0. The third kappa shape index (κ3) is 7.54. The van der Waals surface area contributed by atoms with Gasteiger partial charge in [0.1, 0.15) is 30.0 Å². The van der Waals surface area contributed by atoms with E-state index in [1.165, 1.54) is 17.0 Å². The van der Waals surface area contributed by atoms with Crippen LogP contribution in [0.2, 0.25) is 0 Å². The van der Waals surface area contributed by atoms with E-state index in [0.717, 1.165) is 17.7 Å². The predicted octanol–water partition coefficient (Wildman–Crippen LogP) is 3.36. The lowest BCUT2D eigenvalue weighted by molar-refractivity contribution is -0.127. The van der Waals surface area contributed by atoms with Crippen LogP contribution in [0.4, 0.5) is 4.39 Å². The van der Waals surface area contributed by atoms with Crippen LogP contribution < -0.4 is 20.1 Å². The van der Waals surface area contributed by atoms with Gasteiger partial charge >= 0.3 is 0 Å². The van der Waals surface area contributed by atoms with Crippen LogP contribution in [-0.2, 0) is 4.79 Å². The van der Waals surface area contributed by atoms with Gasteiger partial charge in [-0.15, -0.1) is 24.0 Å². The number of likely N-dealkylation sites (N-methyl/N-ethyl adjacent to an activating group) is 1. The van der Waals surface area contributed by atoms with Crippen LogP contribution in [0.1, 0.15) is 24.9 Å². The molecule has 2 N–H and O–H groups in total. The lowest BCUT2D eigenvalue weighted by Crippen LogP contribution is -2.44. The van der Waals surface area contributed by atoms with Crippen molar-refractivity contribution < 1.29 is 18.7 Å². The summed E-state index contributed by atoms with van der Waals surface area (Å²) in [4.78, 5) is 18.0. The zero-order chi connectivity index (χ0) is 22.2. The lowest BCUT2D eigenvalue weighted by atomic mass is 10.0. The lowest BCUT2D eigenvalue weighted by Gasteiger charge is -2.28. The molecule has 32 heavy (non-hydrogen) atoms. The zero-order valence-electron chi connectivity index (χ0n) is 18.5. The number of para-hydroxylation sites is 1. The normalized spacial score (nSPS) is 16.0. The first-order valence-electron chi connectivity index (χ1n) is 10.3. The Bertz CT molecular complexity index is 908. The Balaban J connectivity index is 0.00000363. The van der Waals surface area contributed by atoms with E-state index in [9.17, 15) is 9.18 Å². The molecule has 0 saturated carbocycles. The van der Waals surface area contributed by atoms with Crippen LogP contribution in [0.25, 0.3) is 0 Å². The maximum atomic E-state index is 13.1. The van der Waals surface area contributed by atoms with Crippen molar-refractivity contribution in [1.82, 2.24) is 15.5 Å². The first-order valence-corrected chi connectivity index (χ1v) is 10.3. The maximum Gasteiger partial charge on any atom is 0.243 e. The Morgan fingerprint density at radius 3 is 2.69 bits per heavy atom. The number of guanidine groups is 1. The van der Waals surface area contributed by atoms with Gasteiger partial charge in [0.15, 0.2) is 5.96 Å². The minimum absolute atomic E-state index is 0. The monoisotopic (exact) mass is 556 g/mol. The number of ether oxygens (including phenoxy) is 2. The van der Waals surface area contributed by atoms with Crippen molar-refractivity contribution in [3.63, 3.8) is 0 Å². The molecule has 0 radical (unpaired) electrons. The molecule has 2 aromatic rings. The molecule has 2 atom stereocenters. The van der Waals surface area contributed by atoms with Gasteiger partial charge in [0.25, 0.3) is 0 Å².